The van der Waals surface area contributed by atoms with Gasteiger partial charge in [0.05, 0.1) is 16.6 Å². The van der Waals surface area contributed by atoms with Crippen molar-refractivity contribution in [2.75, 3.05) is 0 Å². The molecule has 176 valence electrons. The van der Waals surface area contributed by atoms with Gasteiger partial charge in [-0.15, -0.1) is 0 Å². The van der Waals surface area contributed by atoms with Crippen molar-refractivity contribution in [1.29, 1.82) is 0 Å². The molecule has 0 bridgehead atoms. The fourth-order valence-electron chi connectivity index (χ4n) is 6.50. The Kier molecular flexibility index (Phi) is 3.82. The Bertz CT molecular complexity index is 2330. The largest absolute Gasteiger partial charge is 0.355 e. The van der Waals surface area contributed by atoms with Crippen molar-refractivity contribution < 1.29 is 0 Å². The van der Waals surface area contributed by atoms with Crippen molar-refractivity contribution in [3.63, 3.8) is 0 Å². The average molecular weight is 483 g/mol. The zero-order valence-electron chi connectivity index (χ0n) is 20.6. The van der Waals surface area contributed by atoms with Gasteiger partial charge in [0.1, 0.15) is 0 Å². The summed E-state index contributed by atoms with van der Waals surface area (Å²) < 4.78 is 2.46. The summed E-state index contributed by atoms with van der Waals surface area (Å²) >= 11 is 0. The average Bonchev–Trinajstić information content (AvgIpc) is 3.63. The zero-order chi connectivity index (χ0) is 24.8. The highest BCUT2D eigenvalue weighted by Crippen LogP contribution is 2.42. The predicted octanol–water partition coefficient (Wildman–Crippen LogP) is 9.81. The van der Waals surface area contributed by atoms with Gasteiger partial charge >= 0.3 is 0 Å². The lowest BCUT2D eigenvalue weighted by molar-refractivity contribution is 1.37. The summed E-state index contributed by atoms with van der Waals surface area (Å²) in [4.78, 5) is 3.56. The van der Waals surface area contributed by atoms with Crippen molar-refractivity contribution in [2.45, 2.75) is 0 Å². The topological polar surface area (TPSA) is 20.2 Å². The van der Waals surface area contributed by atoms with Crippen LogP contribution < -0.4 is 0 Å². The minimum absolute atomic E-state index is 1.18. The molecule has 0 unspecified atom stereocenters. The molecule has 3 aromatic heterocycles. The molecule has 0 spiro atoms. The van der Waals surface area contributed by atoms with Gasteiger partial charge in [-0.25, -0.2) is 0 Å². The first kappa shape index (κ1) is 20.0. The summed E-state index contributed by atoms with van der Waals surface area (Å²) in [6.45, 7) is 0. The second-order valence-electron chi connectivity index (χ2n) is 10.3. The molecule has 0 aliphatic rings. The molecule has 3 heterocycles. The van der Waals surface area contributed by atoms with Crippen LogP contribution in [0.15, 0.2) is 127 Å². The zero-order valence-corrected chi connectivity index (χ0v) is 20.6. The highest BCUT2D eigenvalue weighted by Gasteiger charge is 2.19. The van der Waals surface area contributed by atoms with Crippen LogP contribution >= 0.6 is 0 Å². The number of hydrogen-bond acceptors (Lipinski definition) is 0. The van der Waals surface area contributed by atoms with Crippen LogP contribution in [0.4, 0.5) is 0 Å². The van der Waals surface area contributed by atoms with E-state index in [0.717, 1.165) is 0 Å². The van der Waals surface area contributed by atoms with E-state index in [9.17, 15) is 0 Å². The molecule has 0 amide bonds. The Balaban J connectivity index is 1.36. The van der Waals surface area contributed by atoms with Crippen LogP contribution in [0.2, 0.25) is 0 Å². The number of aromatic nitrogens is 2. The highest BCUT2D eigenvalue weighted by atomic mass is 14.9. The normalized spacial score (nSPS) is 12.2. The molecule has 9 rings (SSSR count). The Morgan fingerprint density at radius 3 is 1.84 bits per heavy atom. The predicted molar refractivity (Wildman–Crippen MR) is 161 cm³/mol. The van der Waals surface area contributed by atoms with Crippen LogP contribution in [0.5, 0.6) is 0 Å². The SMILES string of the molecule is c1ccc(-c2cc3c4ccccc4n4c5ccc(-c6ccc7[nH]c8ccccc8c7c6)cc5c(c2)c34)cc1. The van der Waals surface area contributed by atoms with Crippen LogP contribution in [0.3, 0.4) is 0 Å². The minimum atomic E-state index is 1.18. The van der Waals surface area contributed by atoms with Crippen LogP contribution in [-0.2, 0) is 0 Å². The Morgan fingerprint density at radius 2 is 0.974 bits per heavy atom. The van der Waals surface area contributed by atoms with E-state index >= 15 is 0 Å². The van der Waals surface area contributed by atoms with E-state index < -0.39 is 0 Å². The van der Waals surface area contributed by atoms with Crippen LogP contribution in [0, 0.1) is 0 Å². The lowest BCUT2D eigenvalue weighted by Gasteiger charge is -2.06. The molecule has 0 atom stereocenters. The molecule has 0 aliphatic heterocycles. The van der Waals surface area contributed by atoms with Gasteiger partial charge < -0.3 is 9.38 Å². The van der Waals surface area contributed by atoms with Gasteiger partial charge in [-0.05, 0) is 70.8 Å². The first-order valence-corrected chi connectivity index (χ1v) is 13.1. The quantitative estimate of drug-likeness (QED) is 0.253. The highest BCUT2D eigenvalue weighted by molar-refractivity contribution is 6.24. The molecule has 0 saturated carbocycles. The van der Waals surface area contributed by atoms with Crippen molar-refractivity contribution in [1.82, 2.24) is 9.38 Å². The van der Waals surface area contributed by atoms with E-state index in [1.165, 1.54) is 82.2 Å². The molecule has 38 heavy (non-hydrogen) atoms. The number of nitrogens with one attached hydrogen (secondary N) is 1. The number of hydrogen-bond donors (Lipinski definition) is 1. The van der Waals surface area contributed by atoms with E-state index in [2.05, 4.69) is 137 Å². The lowest BCUT2D eigenvalue weighted by Crippen LogP contribution is -1.82. The summed E-state index contributed by atoms with van der Waals surface area (Å²) in [5.74, 6) is 0. The van der Waals surface area contributed by atoms with Gasteiger partial charge in [-0.3, -0.25) is 0 Å². The van der Waals surface area contributed by atoms with Crippen LogP contribution in [0.1, 0.15) is 0 Å². The monoisotopic (exact) mass is 482 g/mol. The Labute approximate surface area is 218 Å². The van der Waals surface area contributed by atoms with Gasteiger partial charge in [0.2, 0.25) is 0 Å². The second-order valence-corrected chi connectivity index (χ2v) is 10.3. The van der Waals surface area contributed by atoms with E-state index in [4.69, 9.17) is 0 Å². The molecule has 9 aromatic rings. The third-order valence-electron chi connectivity index (χ3n) is 8.24. The summed E-state index contributed by atoms with van der Waals surface area (Å²) in [7, 11) is 0. The molecule has 2 heteroatoms. The summed E-state index contributed by atoms with van der Waals surface area (Å²) in [6.07, 6.45) is 0. The second kappa shape index (κ2) is 7.24. The van der Waals surface area contributed by atoms with Gasteiger partial charge in [0, 0.05) is 43.4 Å². The smallest absolute Gasteiger partial charge is 0.0620 e. The fourth-order valence-corrected chi connectivity index (χ4v) is 6.50. The minimum Gasteiger partial charge on any atom is -0.355 e. The number of benzene rings is 6. The maximum Gasteiger partial charge on any atom is 0.0620 e. The fraction of sp³-hybridized carbons (Fsp3) is 0. The number of para-hydroxylation sites is 2. The van der Waals surface area contributed by atoms with Gasteiger partial charge in [-0.1, -0.05) is 78.9 Å². The number of fused-ring (bicyclic) bond motifs is 9. The third-order valence-corrected chi connectivity index (χ3v) is 8.24. The van der Waals surface area contributed by atoms with E-state index in [1.807, 2.05) is 0 Å². The van der Waals surface area contributed by atoms with E-state index in [1.54, 1.807) is 0 Å². The molecule has 6 aromatic carbocycles. The number of rotatable bonds is 2. The Hall–Kier alpha value is -5.08. The third kappa shape index (κ3) is 2.61. The molecular weight excluding hydrogens is 460 g/mol. The molecule has 0 aliphatic carbocycles. The Morgan fingerprint density at radius 1 is 0.368 bits per heavy atom. The van der Waals surface area contributed by atoms with Crippen molar-refractivity contribution in [2.24, 2.45) is 0 Å². The summed E-state index contributed by atoms with van der Waals surface area (Å²) in [5.41, 5.74) is 11.2. The van der Waals surface area contributed by atoms with E-state index in [0.29, 0.717) is 0 Å². The standard InChI is InChI=1S/C36H22N2/c1-2-8-22(9-3-1)25-20-30-27-11-5-7-13-34(27)38-35-17-15-24(19-29(35)31(21-25)36(30)38)23-14-16-33-28(18-23)26-10-4-6-12-32(26)37-33/h1-21,37H. The van der Waals surface area contributed by atoms with Crippen molar-refractivity contribution >= 4 is 59.9 Å². The number of aromatic amines is 1. The van der Waals surface area contributed by atoms with Crippen molar-refractivity contribution in [3.05, 3.63) is 127 Å². The maximum absolute atomic E-state index is 3.56. The van der Waals surface area contributed by atoms with E-state index in [-0.39, 0.29) is 0 Å². The molecule has 1 N–H and O–H groups in total. The van der Waals surface area contributed by atoms with Gasteiger partial charge in [0.25, 0.3) is 0 Å². The summed E-state index contributed by atoms with van der Waals surface area (Å²) in [5, 5.41) is 7.76. The first-order valence-electron chi connectivity index (χ1n) is 13.1. The molecule has 0 radical (unpaired) electrons. The number of nitrogens with zero attached hydrogens (tertiary/aromatic N) is 1. The van der Waals surface area contributed by atoms with Crippen LogP contribution in [0.25, 0.3) is 82.2 Å². The maximum atomic E-state index is 3.56. The van der Waals surface area contributed by atoms with Gasteiger partial charge in [-0.2, -0.15) is 0 Å². The molecule has 2 nitrogen and oxygen atoms in total. The van der Waals surface area contributed by atoms with Gasteiger partial charge in [0.15, 0.2) is 0 Å². The lowest BCUT2D eigenvalue weighted by atomic mass is 9.97. The first-order chi connectivity index (χ1) is 18.8. The number of H-pyrrole nitrogens is 1. The molecule has 0 fully saturated rings. The van der Waals surface area contributed by atoms with Crippen LogP contribution in [-0.4, -0.2) is 9.38 Å². The summed E-state index contributed by atoms with van der Waals surface area (Å²) in [6, 6.07) is 46.6. The molecular formula is C36H22N2. The van der Waals surface area contributed by atoms with Crippen molar-refractivity contribution in [3.8, 4) is 22.3 Å². The molecule has 0 saturated heterocycles.